The maximum absolute atomic E-state index is 2.73. The summed E-state index contributed by atoms with van der Waals surface area (Å²) in [6.07, 6.45) is 11.3. The first-order chi connectivity index (χ1) is 6.06. The smallest absolute Gasteiger partial charge is 2.00 e. The Morgan fingerprint density at radius 1 is 0.857 bits per heavy atom. The summed E-state index contributed by atoms with van der Waals surface area (Å²) in [6.45, 7) is 6.90. The fourth-order valence-corrected chi connectivity index (χ4v) is 1.87. The van der Waals surface area contributed by atoms with E-state index < -0.39 is 0 Å². The van der Waals surface area contributed by atoms with Crippen LogP contribution in [0.15, 0.2) is 0 Å². The molecule has 0 atom stereocenters. The molecule has 0 rings (SSSR count). The second-order valence-electron chi connectivity index (χ2n) is 4.49. The van der Waals surface area contributed by atoms with Crippen molar-refractivity contribution < 1.29 is 21.1 Å². The zero-order valence-corrected chi connectivity index (χ0v) is 12.8. The Morgan fingerprint density at radius 2 is 1.29 bits per heavy atom. The summed E-state index contributed by atoms with van der Waals surface area (Å²) in [7, 11) is 0. The third-order valence-corrected chi connectivity index (χ3v) is 2.90. The predicted octanol–water partition coefficient (Wildman–Crippen LogP) is 4.87. The monoisotopic (exact) mass is 398 g/mol. The molecule has 0 N–H and O–H groups in total. The first-order valence-corrected chi connectivity index (χ1v) is 6.79. The van der Waals surface area contributed by atoms with Crippen molar-refractivity contribution in [3.05, 3.63) is 0 Å². The Kier molecular flexibility index (Phi) is 13.2. The zero-order chi connectivity index (χ0) is 10.2. The number of hydrogen-bond donors (Lipinski definition) is 0. The molecule has 0 fully saturated rings. The standard InChI is InChI=1S/C12H25.Au.S/c1-4-5-6-7-8-9-10-11-12(2)3;;/h4-11H2,1-3H3;;/q;+2;-2. The topological polar surface area (TPSA) is 0 Å². The Balaban J connectivity index is 0. The maximum atomic E-state index is 2.73. The molecule has 0 aliphatic rings. The average Bonchev–Trinajstić information content (AvgIpc) is 2.01. The van der Waals surface area contributed by atoms with Gasteiger partial charge in [-0.3, -0.25) is 0 Å². The molecule has 0 radical (unpaired) electrons. The largest absolute Gasteiger partial charge is 2.00 e. The van der Waals surface area contributed by atoms with E-state index in [1.165, 1.54) is 51.4 Å². The Labute approximate surface area is 110 Å². The molecule has 0 bridgehead atoms. The fraction of sp³-hybridized carbons (Fsp3) is 1.00. The average molecular weight is 398 g/mol. The van der Waals surface area contributed by atoms with Gasteiger partial charge in [-0.2, -0.15) is 0 Å². The predicted molar refractivity (Wildman–Crippen MR) is 64.0 cm³/mol. The van der Waals surface area contributed by atoms with Gasteiger partial charge in [-0.25, -0.2) is 0 Å². The number of unbranched alkanes of at least 4 members (excludes halogenated alkanes) is 6. The van der Waals surface area contributed by atoms with Crippen LogP contribution < -0.4 is 0 Å². The van der Waals surface area contributed by atoms with Gasteiger partial charge in [0, 0.05) is 0 Å². The second kappa shape index (κ2) is 10.6. The minimum absolute atomic E-state index is 0. The zero-order valence-electron chi connectivity index (χ0n) is 9.87. The van der Waals surface area contributed by atoms with E-state index in [1.807, 2.05) is 0 Å². The van der Waals surface area contributed by atoms with Crippen LogP contribution in [0.4, 0.5) is 0 Å². The Hall–Kier alpha value is 1.09. The quantitative estimate of drug-likeness (QED) is 0.404. The van der Waals surface area contributed by atoms with E-state index in [0.717, 1.165) is 0 Å². The van der Waals surface area contributed by atoms with Crippen LogP contribution in [0.25, 0.3) is 0 Å². The van der Waals surface area contributed by atoms with Crippen LogP contribution in [0.1, 0.15) is 72.1 Å². The molecule has 0 aliphatic heterocycles. The number of rotatable bonds is 8. The molecule has 0 heterocycles. The summed E-state index contributed by atoms with van der Waals surface area (Å²) >= 11 is 2.73. The first-order valence-electron chi connectivity index (χ1n) is 5.71. The van der Waals surface area contributed by atoms with Gasteiger partial charge >= 0.3 is 96.8 Å². The van der Waals surface area contributed by atoms with Gasteiger partial charge < -0.3 is 13.5 Å². The summed E-state index contributed by atoms with van der Waals surface area (Å²) in [4.78, 5) is 0. The van der Waals surface area contributed by atoms with E-state index in [4.69, 9.17) is 0 Å². The van der Waals surface area contributed by atoms with E-state index in [9.17, 15) is 0 Å². The third kappa shape index (κ3) is 15.6. The van der Waals surface area contributed by atoms with Gasteiger partial charge in [0.1, 0.15) is 0 Å². The van der Waals surface area contributed by atoms with Gasteiger partial charge in [0.2, 0.25) is 0 Å². The third-order valence-electron chi connectivity index (χ3n) is 2.36. The van der Waals surface area contributed by atoms with Crippen molar-refractivity contribution in [2.75, 3.05) is 0 Å². The van der Waals surface area contributed by atoms with Crippen LogP contribution in [-0.2, 0) is 34.6 Å². The van der Waals surface area contributed by atoms with E-state index in [-0.39, 0.29) is 13.5 Å². The van der Waals surface area contributed by atoms with Crippen molar-refractivity contribution in [3.63, 3.8) is 0 Å². The summed E-state index contributed by atoms with van der Waals surface area (Å²) < 4.78 is 0.490. The SMILES string of the molecule is CCCCCCCCC[C](C)(C)[Au+2].[S-2]. The van der Waals surface area contributed by atoms with Gasteiger partial charge in [-0.05, 0) is 0 Å². The minimum Gasteiger partial charge on any atom is -2.00 e. The molecule has 0 nitrogen and oxygen atoms in total. The molecule has 0 aromatic rings. The molecule has 0 aromatic carbocycles. The molecule has 2 heteroatoms. The number of hydrogen-bond acceptors (Lipinski definition) is 0. The van der Waals surface area contributed by atoms with E-state index >= 15 is 0 Å². The van der Waals surface area contributed by atoms with Crippen molar-refractivity contribution in [1.82, 2.24) is 0 Å². The van der Waals surface area contributed by atoms with Crippen LogP contribution in [0.3, 0.4) is 0 Å². The maximum Gasteiger partial charge on any atom is -2.00 e. The Morgan fingerprint density at radius 3 is 1.71 bits per heavy atom. The van der Waals surface area contributed by atoms with Crippen molar-refractivity contribution >= 4 is 13.5 Å². The summed E-state index contributed by atoms with van der Waals surface area (Å²) in [5, 5.41) is 0. The normalized spacial score (nSPS) is 11.2. The minimum atomic E-state index is 0. The van der Waals surface area contributed by atoms with E-state index in [1.54, 1.807) is 0 Å². The molecule has 0 saturated heterocycles. The first kappa shape index (κ1) is 17.5. The van der Waals surface area contributed by atoms with Gasteiger partial charge in [-0.15, -0.1) is 0 Å². The van der Waals surface area contributed by atoms with Gasteiger partial charge in [0.25, 0.3) is 0 Å². The molecular weight excluding hydrogens is 373 g/mol. The molecule has 0 aliphatic carbocycles. The van der Waals surface area contributed by atoms with Gasteiger partial charge in [-0.1, -0.05) is 0 Å². The second-order valence-corrected chi connectivity index (χ2v) is 7.42. The van der Waals surface area contributed by atoms with Crippen LogP contribution in [-0.4, -0.2) is 0 Å². The van der Waals surface area contributed by atoms with Crippen LogP contribution in [0.2, 0.25) is 3.63 Å². The van der Waals surface area contributed by atoms with E-state index in [2.05, 4.69) is 41.8 Å². The van der Waals surface area contributed by atoms with E-state index in [0.29, 0.717) is 3.63 Å². The van der Waals surface area contributed by atoms with Crippen molar-refractivity contribution in [2.45, 2.75) is 75.8 Å². The fourth-order valence-electron chi connectivity index (χ4n) is 1.49. The van der Waals surface area contributed by atoms with Gasteiger partial charge in [0.05, 0.1) is 0 Å². The summed E-state index contributed by atoms with van der Waals surface area (Å²) in [5.74, 6) is 0. The molecular formula is C12H25AuS. The molecule has 0 spiro atoms. The Bertz CT molecular complexity index is 107. The molecule has 14 heavy (non-hydrogen) atoms. The van der Waals surface area contributed by atoms with Crippen LogP contribution in [0, 0.1) is 0 Å². The van der Waals surface area contributed by atoms with Crippen molar-refractivity contribution in [1.29, 1.82) is 0 Å². The summed E-state index contributed by atoms with van der Waals surface area (Å²) in [6, 6.07) is 0. The van der Waals surface area contributed by atoms with Gasteiger partial charge in [0.15, 0.2) is 0 Å². The molecule has 0 saturated carbocycles. The van der Waals surface area contributed by atoms with Crippen molar-refractivity contribution in [2.24, 2.45) is 0 Å². The van der Waals surface area contributed by atoms with Crippen LogP contribution in [0.5, 0.6) is 0 Å². The summed E-state index contributed by atoms with van der Waals surface area (Å²) in [5.41, 5.74) is 0. The molecule has 0 unspecified atom stereocenters. The molecule has 0 aromatic heterocycles. The van der Waals surface area contributed by atoms with Crippen molar-refractivity contribution in [3.8, 4) is 0 Å². The molecule has 90 valence electrons. The molecule has 0 amide bonds. The van der Waals surface area contributed by atoms with Crippen LogP contribution >= 0.6 is 0 Å².